The average molecular weight is 361 g/mol. The summed E-state index contributed by atoms with van der Waals surface area (Å²) >= 11 is 6.72. The third-order valence-electron chi connectivity index (χ3n) is 2.23. The minimum Gasteiger partial charge on any atom is -0.466 e. The summed E-state index contributed by atoms with van der Waals surface area (Å²) in [6, 6.07) is 5.65. The zero-order valence-corrected chi connectivity index (χ0v) is 12.5. The Bertz CT molecular complexity index is 466. The maximum Gasteiger partial charge on any atom is 0.310 e. The number of alkyl halides is 1. The number of hydrogen-bond donors (Lipinski definition) is 0. The fourth-order valence-electron chi connectivity index (χ4n) is 1.42. The van der Waals surface area contributed by atoms with Gasteiger partial charge in [-0.3, -0.25) is 4.79 Å². The first kappa shape index (κ1) is 14.2. The molecule has 0 aliphatic rings. The van der Waals surface area contributed by atoms with Crippen LogP contribution >= 0.6 is 31.9 Å². The lowest BCUT2D eigenvalue weighted by Crippen LogP contribution is -2.10. The minimum atomic E-state index is -0.287. The topological polar surface area (TPSA) is 50.1 Å². The molecule has 1 rings (SSSR count). The highest BCUT2D eigenvalue weighted by atomic mass is 79.9. The van der Waals surface area contributed by atoms with Crippen LogP contribution in [0.15, 0.2) is 16.6 Å². The van der Waals surface area contributed by atoms with Crippen molar-refractivity contribution < 1.29 is 9.53 Å². The number of rotatable bonds is 4. The SMILES string of the molecule is CCOC(=O)Cc1c(CBr)ccc(C#N)c1Br. The molecule has 3 nitrogen and oxygen atoms in total. The van der Waals surface area contributed by atoms with E-state index in [1.165, 1.54) is 0 Å². The molecule has 0 unspecified atom stereocenters. The van der Waals surface area contributed by atoms with E-state index in [4.69, 9.17) is 10.00 Å². The molecule has 0 amide bonds. The first-order chi connectivity index (χ1) is 8.13. The largest absolute Gasteiger partial charge is 0.466 e. The van der Waals surface area contributed by atoms with Crippen LogP contribution in [0.5, 0.6) is 0 Å². The maximum atomic E-state index is 11.5. The lowest BCUT2D eigenvalue weighted by atomic mass is 10.0. The molecule has 0 N–H and O–H groups in total. The van der Waals surface area contributed by atoms with Crippen molar-refractivity contribution in [3.63, 3.8) is 0 Å². The molecule has 1 aromatic carbocycles. The van der Waals surface area contributed by atoms with Crippen molar-refractivity contribution in [3.8, 4) is 6.07 Å². The number of ether oxygens (including phenoxy) is 1. The first-order valence-electron chi connectivity index (χ1n) is 5.06. The third-order valence-corrected chi connectivity index (χ3v) is 3.74. The van der Waals surface area contributed by atoms with Gasteiger partial charge in [0.25, 0.3) is 0 Å². The van der Waals surface area contributed by atoms with E-state index in [1.54, 1.807) is 13.0 Å². The van der Waals surface area contributed by atoms with Gasteiger partial charge in [0.15, 0.2) is 0 Å². The van der Waals surface area contributed by atoms with Crippen LogP contribution in [-0.4, -0.2) is 12.6 Å². The second-order valence-corrected chi connectivity index (χ2v) is 4.65. The summed E-state index contributed by atoms with van der Waals surface area (Å²) < 4.78 is 5.59. The fourth-order valence-corrected chi connectivity index (χ4v) is 2.56. The van der Waals surface area contributed by atoms with Crippen molar-refractivity contribution in [1.82, 2.24) is 0 Å². The number of hydrogen-bond acceptors (Lipinski definition) is 3. The summed E-state index contributed by atoms with van der Waals surface area (Å²) in [5, 5.41) is 9.57. The third kappa shape index (κ3) is 3.55. The van der Waals surface area contributed by atoms with Crippen LogP contribution < -0.4 is 0 Å². The van der Waals surface area contributed by atoms with E-state index in [-0.39, 0.29) is 12.4 Å². The van der Waals surface area contributed by atoms with Gasteiger partial charge in [-0.2, -0.15) is 5.26 Å². The standard InChI is InChI=1S/C12H11Br2NO2/c1-2-17-11(16)5-10-8(6-13)3-4-9(7-15)12(10)14/h3-4H,2,5-6H2,1H3. The van der Waals surface area contributed by atoms with Crippen LogP contribution in [0.4, 0.5) is 0 Å². The summed E-state index contributed by atoms with van der Waals surface area (Å²) in [6.07, 6.45) is 0.172. The Morgan fingerprint density at radius 2 is 2.24 bits per heavy atom. The van der Waals surface area contributed by atoms with Crippen molar-refractivity contribution in [2.45, 2.75) is 18.7 Å². The van der Waals surface area contributed by atoms with Gasteiger partial charge in [0, 0.05) is 9.80 Å². The predicted molar refractivity (Wildman–Crippen MR) is 71.8 cm³/mol. The van der Waals surface area contributed by atoms with Crippen molar-refractivity contribution in [2.75, 3.05) is 6.61 Å². The Hall–Kier alpha value is -0.860. The molecule has 0 bridgehead atoms. The molecule has 90 valence electrons. The van der Waals surface area contributed by atoms with Crippen LogP contribution in [0, 0.1) is 11.3 Å². The highest BCUT2D eigenvalue weighted by Gasteiger charge is 2.14. The molecule has 0 saturated heterocycles. The van der Waals surface area contributed by atoms with Gasteiger partial charge < -0.3 is 4.74 Å². The highest BCUT2D eigenvalue weighted by molar-refractivity contribution is 9.10. The van der Waals surface area contributed by atoms with Crippen LogP contribution in [-0.2, 0) is 21.3 Å². The molecule has 5 heteroatoms. The molecule has 0 atom stereocenters. The van der Waals surface area contributed by atoms with Crippen LogP contribution in [0.2, 0.25) is 0 Å². The van der Waals surface area contributed by atoms with Crippen LogP contribution in [0.1, 0.15) is 23.6 Å². The van der Waals surface area contributed by atoms with E-state index in [9.17, 15) is 4.79 Å². The predicted octanol–water partition coefficient (Wildman–Crippen LogP) is 3.32. The van der Waals surface area contributed by atoms with E-state index < -0.39 is 0 Å². The van der Waals surface area contributed by atoms with Crippen LogP contribution in [0.25, 0.3) is 0 Å². The van der Waals surface area contributed by atoms with Gasteiger partial charge in [0.05, 0.1) is 18.6 Å². The molecule has 1 aromatic rings. The number of nitriles is 1. The summed E-state index contributed by atoms with van der Waals surface area (Å²) in [5.41, 5.74) is 2.30. The van der Waals surface area contributed by atoms with E-state index in [2.05, 4.69) is 37.9 Å². The van der Waals surface area contributed by atoms with Crippen molar-refractivity contribution >= 4 is 37.8 Å². The van der Waals surface area contributed by atoms with E-state index in [1.807, 2.05) is 6.07 Å². The Morgan fingerprint density at radius 3 is 2.76 bits per heavy atom. The van der Waals surface area contributed by atoms with Crippen LogP contribution in [0.3, 0.4) is 0 Å². The zero-order valence-electron chi connectivity index (χ0n) is 9.30. The Morgan fingerprint density at radius 1 is 1.53 bits per heavy atom. The van der Waals surface area contributed by atoms with E-state index in [0.717, 1.165) is 11.1 Å². The highest BCUT2D eigenvalue weighted by Crippen LogP contribution is 2.27. The summed E-state index contributed by atoms with van der Waals surface area (Å²) in [6.45, 7) is 2.13. The van der Waals surface area contributed by atoms with Gasteiger partial charge in [-0.15, -0.1) is 0 Å². The fraction of sp³-hybridized carbons (Fsp3) is 0.333. The minimum absolute atomic E-state index is 0.172. The lowest BCUT2D eigenvalue weighted by molar-refractivity contribution is -0.142. The average Bonchev–Trinajstić information content (AvgIpc) is 2.32. The van der Waals surface area contributed by atoms with Gasteiger partial charge in [-0.05, 0) is 40.0 Å². The first-order valence-corrected chi connectivity index (χ1v) is 6.97. The number of carbonyl (C=O) groups excluding carboxylic acids is 1. The summed E-state index contributed by atoms with van der Waals surface area (Å²) in [4.78, 5) is 11.5. The number of carbonyl (C=O) groups is 1. The molecule has 17 heavy (non-hydrogen) atoms. The van der Waals surface area contributed by atoms with Gasteiger partial charge in [0.2, 0.25) is 0 Å². The molecule has 0 saturated carbocycles. The lowest BCUT2D eigenvalue weighted by Gasteiger charge is -2.10. The summed E-state index contributed by atoms with van der Waals surface area (Å²) in [7, 11) is 0. The second kappa shape index (κ2) is 6.77. The number of benzene rings is 1. The van der Waals surface area contributed by atoms with Gasteiger partial charge in [-0.1, -0.05) is 22.0 Å². The van der Waals surface area contributed by atoms with E-state index in [0.29, 0.717) is 22.0 Å². The zero-order chi connectivity index (χ0) is 12.8. The quantitative estimate of drug-likeness (QED) is 0.611. The normalized spacial score (nSPS) is 9.76. The number of nitrogens with zero attached hydrogens (tertiary/aromatic N) is 1. The molecule has 0 radical (unpaired) electrons. The monoisotopic (exact) mass is 359 g/mol. The van der Waals surface area contributed by atoms with Crippen molar-refractivity contribution in [3.05, 3.63) is 33.3 Å². The van der Waals surface area contributed by atoms with E-state index >= 15 is 0 Å². The van der Waals surface area contributed by atoms with Gasteiger partial charge in [-0.25, -0.2) is 0 Å². The van der Waals surface area contributed by atoms with Crippen molar-refractivity contribution in [1.29, 1.82) is 5.26 Å². The molecule has 0 fully saturated rings. The Balaban J connectivity index is 3.11. The van der Waals surface area contributed by atoms with Gasteiger partial charge >= 0.3 is 5.97 Å². The van der Waals surface area contributed by atoms with Crippen molar-refractivity contribution in [2.24, 2.45) is 0 Å². The molecule has 0 spiro atoms. The molecule has 0 aliphatic heterocycles. The van der Waals surface area contributed by atoms with Gasteiger partial charge in [0.1, 0.15) is 6.07 Å². The molecular formula is C12H11Br2NO2. The summed E-state index contributed by atoms with van der Waals surface area (Å²) in [5.74, 6) is -0.287. The molecule has 0 aromatic heterocycles. The Labute approximate surface area is 117 Å². The smallest absolute Gasteiger partial charge is 0.310 e. The molecule has 0 heterocycles. The Kier molecular flexibility index (Phi) is 5.66. The molecule has 0 aliphatic carbocycles. The maximum absolute atomic E-state index is 11.5. The number of esters is 1. The molecular weight excluding hydrogens is 350 g/mol. The second-order valence-electron chi connectivity index (χ2n) is 3.29. The number of halogens is 2.